The first-order valence-corrected chi connectivity index (χ1v) is 6.88. The van der Waals surface area contributed by atoms with E-state index in [1.54, 1.807) is 0 Å². The van der Waals surface area contributed by atoms with Crippen molar-refractivity contribution in [2.24, 2.45) is 5.92 Å². The number of ether oxygens (including phenoxy) is 1. The molecule has 2 aliphatic heterocycles. The zero-order valence-corrected chi connectivity index (χ0v) is 9.38. The van der Waals surface area contributed by atoms with Crippen LogP contribution < -0.4 is 5.32 Å². The minimum absolute atomic E-state index is 0.0150. The summed E-state index contributed by atoms with van der Waals surface area (Å²) >= 11 is 0. The van der Waals surface area contributed by atoms with Crippen molar-refractivity contribution in [2.75, 3.05) is 18.1 Å². The Balaban J connectivity index is 2.05. The summed E-state index contributed by atoms with van der Waals surface area (Å²) in [6, 6.07) is 0.311. The topological polar surface area (TPSA) is 55.4 Å². The highest BCUT2D eigenvalue weighted by Crippen LogP contribution is 2.22. The van der Waals surface area contributed by atoms with Crippen LogP contribution in [-0.2, 0) is 14.6 Å². The van der Waals surface area contributed by atoms with Gasteiger partial charge in [-0.2, -0.15) is 0 Å². The molecule has 14 heavy (non-hydrogen) atoms. The molecule has 4 nitrogen and oxygen atoms in total. The van der Waals surface area contributed by atoms with Crippen molar-refractivity contribution in [3.63, 3.8) is 0 Å². The quantitative estimate of drug-likeness (QED) is 0.663. The summed E-state index contributed by atoms with van der Waals surface area (Å²) in [5.41, 5.74) is 0. The molecule has 0 bridgehead atoms. The fraction of sp³-hybridized carbons (Fsp3) is 1.00. The van der Waals surface area contributed by atoms with E-state index in [1.165, 1.54) is 0 Å². The first-order valence-electron chi connectivity index (χ1n) is 5.06. The Morgan fingerprint density at radius 2 is 2.07 bits per heavy atom. The average Bonchev–Trinajstić information content (AvgIpc) is 2.36. The van der Waals surface area contributed by atoms with Gasteiger partial charge in [-0.05, 0) is 5.92 Å². The maximum atomic E-state index is 11.4. The van der Waals surface area contributed by atoms with Crippen LogP contribution in [0.25, 0.3) is 0 Å². The van der Waals surface area contributed by atoms with E-state index in [9.17, 15) is 8.42 Å². The molecule has 2 fully saturated rings. The maximum Gasteiger partial charge on any atom is 0.154 e. The molecule has 0 amide bonds. The standard InChI is InChI=1S/C9H17NO3S/c1-6(2)7-3-13-9-5-14(11,12)4-8(9)10-7/h6-10H,3-5H2,1-2H3. The van der Waals surface area contributed by atoms with Crippen LogP contribution in [-0.4, -0.2) is 44.7 Å². The lowest BCUT2D eigenvalue weighted by molar-refractivity contribution is -0.0137. The fourth-order valence-electron chi connectivity index (χ4n) is 2.07. The van der Waals surface area contributed by atoms with Crippen LogP contribution in [0.4, 0.5) is 0 Å². The first-order chi connectivity index (χ1) is 6.48. The number of sulfone groups is 1. The van der Waals surface area contributed by atoms with Crippen molar-refractivity contribution >= 4 is 9.84 Å². The van der Waals surface area contributed by atoms with Crippen LogP contribution in [0.3, 0.4) is 0 Å². The van der Waals surface area contributed by atoms with Gasteiger partial charge in [0, 0.05) is 12.1 Å². The Bertz CT molecular complexity index is 312. The average molecular weight is 219 g/mol. The molecule has 3 unspecified atom stereocenters. The number of hydrogen-bond donors (Lipinski definition) is 1. The summed E-state index contributed by atoms with van der Waals surface area (Å²) in [7, 11) is -2.87. The van der Waals surface area contributed by atoms with E-state index in [0.29, 0.717) is 18.6 Å². The second-order valence-corrected chi connectivity index (χ2v) is 6.73. The molecule has 0 radical (unpaired) electrons. The van der Waals surface area contributed by atoms with E-state index in [-0.39, 0.29) is 23.7 Å². The van der Waals surface area contributed by atoms with Crippen LogP contribution in [0.2, 0.25) is 0 Å². The largest absolute Gasteiger partial charge is 0.374 e. The molecule has 82 valence electrons. The zero-order valence-electron chi connectivity index (χ0n) is 8.56. The second-order valence-electron chi connectivity index (χ2n) is 4.57. The Morgan fingerprint density at radius 1 is 1.36 bits per heavy atom. The fourth-order valence-corrected chi connectivity index (χ4v) is 3.89. The lowest BCUT2D eigenvalue weighted by atomic mass is 10.0. The second kappa shape index (κ2) is 3.47. The number of nitrogens with one attached hydrogen (secondary N) is 1. The van der Waals surface area contributed by atoms with Gasteiger partial charge in [0.1, 0.15) is 0 Å². The molecular formula is C9H17NO3S. The lowest BCUT2D eigenvalue weighted by Crippen LogP contribution is -2.55. The Morgan fingerprint density at radius 3 is 2.71 bits per heavy atom. The predicted molar refractivity (Wildman–Crippen MR) is 53.9 cm³/mol. The molecule has 5 heteroatoms. The molecule has 0 spiro atoms. The summed E-state index contributed by atoms with van der Waals surface area (Å²) in [4.78, 5) is 0. The monoisotopic (exact) mass is 219 g/mol. The third-order valence-corrected chi connectivity index (χ3v) is 4.73. The van der Waals surface area contributed by atoms with Crippen LogP contribution in [0.15, 0.2) is 0 Å². The maximum absolute atomic E-state index is 11.4. The molecule has 2 rings (SSSR count). The van der Waals surface area contributed by atoms with E-state index in [0.717, 1.165) is 0 Å². The summed E-state index contributed by atoms with van der Waals surface area (Å²) in [6.07, 6.45) is -0.116. The minimum Gasteiger partial charge on any atom is -0.374 e. The molecule has 0 aromatic carbocycles. The van der Waals surface area contributed by atoms with E-state index >= 15 is 0 Å². The summed E-state index contributed by atoms with van der Waals surface area (Å²) in [5, 5.41) is 3.37. The van der Waals surface area contributed by atoms with Gasteiger partial charge in [-0.1, -0.05) is 13.8 Å². The normalized spacial score (nSPS) is 41.2. The van der Waals surface area contributed by atoms with E-state index in [4.69, 9.17) is 4.74 Å². The van der Waals surface area contributed by atoms with Crippen molar-refractivity contribution in [3.8, 4) is 0 Å². The predicted octanol–water partition coefficient (Wildman–Crippen LogP) is -0.204. The van der Waals surface area contributed by atoms with Gasteiger partial charge in [0.15, 0.2) is 9.84 Å². The van der Waals surface area contributed by atoms with Gasteiger partial charge in [0.05, 0.1) is 24.2 Å². The molecule has 0 aliphatic carbocycles. The highest BCUT2D eigenvalue weighted by atomic mass is 32.2. The summed E-state index contributed by atoms with van der Waals surface area (Å²) in [5.74, 6) is 0.912. The lowest BCUT2D eigenvalue weighted by Gasteiger charge is -2.34. The van der Waals surface area contributed by atoms with E-state index < -0.39 is 9.84 Å². The third-order valence-electron chi connectivity index (χ3n) is 3.02. The van der Waals surface area contributed by atoms with Gasteiger partial charge < -0.3 is 10.1 Å². The third kappa shape index (κ3) is 1.94. The zero-order chi connectivity index (χ0) is 10.3. The molecule has 2 aliphatic rings. The molecule has 2 saturated heterocycles. The molecule has 0 aromatic rings. The molecule has 1 N–H and O–H groups in total. The first kappa shape index (κ1) is 10.4. The van der Waals surface area contributed by atoms with Crippen molar-refractivity contribution in [1.29, 1.82) is 0 Å². The van der Waals surface area contributed by atoms with Gasteiger partial charge in [-0.15, -0.1) is 0 Å². The Kier molecular flexibility index (Phi) is 2.57. The Hall–Kier alpha value is -0.130. The van der Waals surface area contributed by atoms with Gasteiger partial charge in [0.2, 0.25) is 0 Å². The molecule has 2 heterocycles. The van der Waals surface area contributed by atoms with E-state index in [1.807, 2.05) is 0 Å². The molecule has 0 saturated carbocycles. The molecular weight excluding hydrogens is 202 g/mol. The van der Waals surface area contributed by atoms with Crippen molar-refractivity contribution in [2.45, 2.75) is 32.0 Å². The SMILES string of the molecule is CC(C)C1COC2CS(=O)(=O)CC2N1. The van der Waals surface area contributed by atoms with Gasteiger partial charge >= 0.3 is 0 Å². The highest BCUT2D eigenvalue weighted by molar-refractivity contribution is 7.91. The number of rotatable bonds is 1. The number of fused-ring (bicyclic) bond motifs is 1. The van der Waals surface area contributed by atoms with Crippen molar-refractivity contribution in [1.82, 2.24) is 5.32 Å². The van der Waals surface area contributed by atoms with Gasteiger partial charge in [-0.3, -0.25) is 0 Å². The smallest absolute Gasteiger partial charge is 0.154 e. The number of morpholine rings is 1. The van der Waals surface area contributed by atoms with Crippen LogP contribution >= 0.6 is 0 Å². The molecule has 0 aromatic heterocycles. The highest BCUT2D eigenvalue weighted by Gasteiger charge is 2.42. The van der Waals surface area contributed by atoms with Gasteiger partial charge in [0.25, 0.3) is 0 Å². The van der Waals surface area contributed by atoms with Crippen LogP contribution in [0.5, 0.6) is 0 Å². The van der Waals surface area contributed by atoms with Crippen LogP contribution in [0.1, 0.15) is 13.8 Å². The molecule has 3 atom stereocenters. The van der Waals surface area contributed by atoms with Crippen LogP contribution in [0, 0.1) is 5.92 Å². The number of hydrogen-bond acceptors (Lipinski definition) is 4. The minimum atomic E-state index is -2.87. The summed E-state index contributed by atoms with van der Waals surface area (Å²) in [6.45, 7) is 4.87. The van der Waals surface area contributed by atoms with E-state index in [2.05, 4.69) is 19.2 Å². The van der Waals surface area contributed by atoms with Gasteiger partial charge in [-0.25, -0.2) is 8.42 Å². The summed E-state index contributed by atoms with van der Waals surface area (Å²) < 4.78 is 28.3. The van der Waals surface area contributed by atoms with Crippen molar-refractivity contribution in [3.05, 3.63) is 0 Å². The van der Waals surface area contributed by atoms with Crippen molar-refractivity contribution < 1.29 is 13.2 Å². The Labute approximate surface area is 84.9 Å².